The number of halogens is 1. The number of hydrogen-bond donors (Lipinski definition) is 0. The third-order valence-electron chi connectivity index (χ3n) is 4.74. The van der Waals surface area contributed by atoms with Gasteiger partial charge in [-0.25, -0.2) is 0 Å². The van der Waals surface area contributed by atoms with E-state index in [-0.39, 0.29) is 32.0 Å². The summed E-state index contributed by atoms with van der Waals surface area (Å²) in [4.78, 5) is 14.0. The lowest BCUT2D eigenvalue weighted by atomic mass is 10.2. The molecule has 3 aromatic carbocycles. The molecule has 0 heterocycles. The standard InChI is InChI=1S/C23H20ClO4PS/c1-15-9-7-12-17(24)21(15)29(26,23(30)16-10-5-4-6-11-16)22(25)20-18(27-2)13-8-14-19(20)28-3/h4-14H,1-3H3. The molecule has 3 rings (SSSR count). The number of carbonyl (C=O) groups excluding carboxylic acids is 1. The van der Waals surface area contributed by atoms with Gasteiger partial charge < -0.3 is 14.0 Å². The lowest BCUT2D eigenvalue weighted by Gasteiger charge is -2.23. The summed E-state index contributed by atoms with van der Waals surface area (Å²) in [6.07, 6.45) is 0. The molecule has 0 fully saturated rings. The highest BCUT2D eigenvalue weighted by atomic mass is 35.5. The highest BCUT2D eigenvalue weighted by Crippen LogP contribution is 2.56. The Morgan fingerprint density at radius 2 is 1.47 bits per heavy atom. The summed E-state index contributed by atoms with van der Waals surface area (Å²) in [6, 6.07) is 18.9. The first kappa shape index (κ1) is 22.2. The summed E-state index contributed by atoms with van der Waals surface area (Å²) in [5.41, 5.74) is 0.536. The Kier molecular flexibility index (Phi) is 6.77. The molecule has 0 spiro atoms. The molecule has 0 N–H and O–H groups in total. The molecule has 1 atom stereocenters. The van der Waals surface area contributed by atoms with Crippen LogP contribution in [0.2, 0.25) is 5.02 Å². The van der Waals surface area contributed by atoms with Gasteiger partial charge in [0.25, 0.3) is 0 Å². The fourth-order valence-corrected chi connectivity index (χ4v) is 7.12. The Morgan fingerprint density at radius 3 is 2.00 bits per heavy atom. The van der Waals surface area contributed by atoms with E-state index < -0.39 is 12.7 Å². The van der Waals surface area contributed by atoms with Gasteiger partial charge in [-0.05, 0) is 36.2 Å². The highest BCUT2D eigenvalue weighted by Gasteiger charge is 2.44. The number of aryl methyl sites for hydroxylation is 1. The van der Waals surface area contributed by atoms with E-state index in [1.54, 1.807) is 67.6 Å². The maximum absolute atomic E-state index is 14.7. The number of rotatable bonds is 7. The quantitative estimate of drug-likeness (QED) is 0.327. The molecule has 0 saturated carbocycles. The number of thiocarbonyl (C=S) groups is 1. The molecular formula is C23H20ClO4PS. The van der Waals surface area contributed by atoms with Crippen molar-refractivity contribution >= 4 is 46.4 Å². The number of methoxy groups -OCH3 is 2. The molecule has 0 saturated heterocycles. The molecular weight excluding hydrogens is 439 g/mol. The van der Waals surface area contributed by atoms with E-state index in [1.165, 1.54) is 14.2 Å². The van der Waals surface area contributed by atoms with Crippen molar-refractivity contribution in [1.82, 2.24) is 0 Å². The number of carbonyl (C=O) groups is 1. The lowest BCUT2D eigenvalue weighted by Crippen LogP contribution is -2.23. The molecule has 0 bridgehead atoms. The minimum atomic E-state index is -4.05. The zero-order chi connectivity index (χ0) is 21.9. The largest absolute Gasteiger partial charge is 0.496 e. The molecule has 4 nitrogen and oxygen atoms in total. The maximum atomic E-state index is 14.7. The first-order valence-electron chi connectivity index (χ1n) is 9.07. The number of ether oxygens (including phenoxy) is 2. The molecule has 30 heavy (non-hydrogen) atoms. The van der Waals surface area contributed by atoms with Crippen molar-refractivity contribution in [3.8, 4) is 11.5 Å². The van der Waals surface area contributed by atoms with Gasteiger partial charge in [0.2, 0.25) is 12.7 Å². The summed E-state index contributed by atoms with van der Waals surface area (Å²) in [7, 11) is -1.18. The zero-order valence-electron chi connectivity index (χ0n) is 16.7. The number of benzene rings is 3. The van der Waals surface area contributed by atoms with Gasteiger partial charge in [0, 0.05) is 5.30 Å². The van der Waals surface area contributed by atoms with Crippen LogP contribution in [0.1, 0.15) is 21.5 Å². The van der Waals surface area contributed by atoms with Crippen molar-refractivity contribution in [2.24, 2.45) is 0 Å². The van der Waals surface area contributed by atoms with Crippen LogP contribution in [0.3, 0.4) is 0 Å². The van der Waals surface area contributed by atoms with Crippen molar-refractivity contribution in [3.63, 3.8) is 0 Å². The average molecular weight is 459 g/mol. The zero-order valence-corrected chi connectivity index (χ0v) is 19.2. The number of hydrogen-bond acceptors (Lipinski definition) is 5. The van der Waals surface area contributed by atoms with Gasteiger partial charge in [-0.15, -0.1) is 0 Å². The molecule has 0 radical (unpaired) electrons. The first-order chi connectivity index (χ1) is 14.4. The van der Waals surface area contributed by atoms with Gasteiger partial charge in [0.15, 0.2) is 0 Å². The molecule has 154 valence electrons. The molecule has 7 heteroatoms. The molecule has 3 aromatic rings. The van der Waals surface area contributed by atoms with Gasteiger partial charge in [-0.2, -0.15) is 0 Å². The second kappa shape index (κ2) is 9.13. The van der Waals surface area contributed by atoms with Gasteiger partial charge in [0.05, 0.1) is 23.8 Å². The maximum Gasteiger partial charge on any atom is 0.238 e. The Bertz CT molecular complexity index is 1120. The van der Waals surface area contributed by atoms with Crippen LogP contribution in [0, 0.1) is 6.92 Å². The fourth-order valence-electron chi connectivity index (χ4n) is 3.30. The van der Waals surface area contributed by atoms with E-state index >= 15 is 0 Å². The predicted octanol–water partition coefficient (Wildman–Crippen LogP) is 5.87. The molecule has 0 amide bonds. The van der Waals surface area contributed by atoms with Crippen LogP contribution in [0.4, 0.5) is 0 Å². The van der Waals surface area contributed by atoms with E-state index in [0.29, 0.717) is 11.1 Å². The van der Waals surface area contributed by atoms with Crippen LogP contribution in [-0.4, -0.2) is 24.3 Å². The Morgan fingerprint density at radius 1 is 0.900 bits per heavy atom. The van der Waals surface area contributed by atoms with E-state index in [1.807, 2.05) is 6.07 Å². The van der Waals surface area contributed by atoms with Crippen LogP contribution in [0.5, 0.6) is 11.5 Å². The Balaban J connectivity index is 2.36. The molecule has 0 aliphatic carbocycles. The summed E-state index contributed by atoms with van der Waals surface area (Å²) in [5.74, 6) is 0.500. The van der Waals surface area contributed by atoms with E-state index in [2.05, 4.69) is 0 Å². The van der Waals surface area contributed by atoms with Crippen molar-refractivity contribution in [2.45, 2.75) is 6.92 Å². The Hall–Kier alpha value is -2.46. The van der Waals surface area contributed by atoms with Gasteiger partial charge in [0.1, 0.15) is 17.1 Å². The van der Waals surface area contributed by atoms with Crippen LogP contribution in [0.25, 0.3) is 0 Å². The van der Waals surface area contributed by atoms with Crippen molar-refractivity contribution in [3.05, 3.63) is 88.4 Å². The minimum absolute atomic E-state index is 0.0391. The second-order valence-corrected chi connectivity index (χ2v) is 10.2. The SMILES string of the molecule is COc1cccc(OC)c1C(=O)P(=O)(C(=S)c1ccccc1)c1c(C)cccc1Cl. The Labute approximate surface area is 186 Å². The topological polar surface area (TPSA) is 52.6 Å². The van der Waals surface area contributed by atoms with E-state index in [4.69, 9.17) is 33.3 Å². The molecule has 1 unspecified atom stereocenters. The van der Waals surface area contributed by atoms with Crippen molar-refractivity contribution < 1.29 is 18.8 Å². The summed E-state index contributed by atoms with van der Waals surface area (Å²) >= 11 is 12.1. The van der Waals surface area contributed by atoms with Crippen molar-refractivity contribution in [1.29, 1.82) is 0 Å². The third-order valence-corrected chi connectivity index (χ3v) is 9.04. The smallest absolute Gasteiger partial charge is 0.238 e. The van der Waals surface area contributed by atoms with E-state index in [0.717, 1.165) is 0 Å². The van der Waals surface area contributed by atoms with Crippen LogP contribution >= 0.6 is 31.0 Å². The van der Waals surface area contributed by atoms with Crippen molar-refractivity contribution in [2.75, 3.05) is 14.2 Å². The summed E-state index contributed by atoms with van der Waals surface area (Å²) < 4.78 is 25.5. The fraction of sp³-hybridized carbons (Fsp3) is 0.130. The molecule has 0 aliphatic rings. The van der Waals surface area contributed by atoms with Gasteiger partial charge in [-0.3, -0.25) is 4.79 Å². The second-order valence-electron chi connectivity index (χ2n) is 6.53. The first-order valence-corrected chi connectivity index (χ1v) is 11.6. The lowest BCUT2D eigenvalue weighted by molar-refractivity contribution is 0.107. The molecule has 0 aromatic heterocycles. The summed E-state index contributed by atoms with van der Waals surface area (Å²) in [5, 5.41) is 0.456. The van der Waals surface area contributed by atoms with Crippen LogP contribution in [-0.2, 0) is 4.57 Å². The average Bonchev–Trinajstić information content (AvgIpc) is 2.77. The predicted molar refractivity (Wildman–Crippen MR) is 125 cm³/mol. The van der Waals surface area contributed by atoms with Crippen LogP contribution in [0.15, 0.2) is 66.7 Å². The van der Waals surface area contributed by atoms with Crippen LogP contribution < -0.4 is 14.8 Å². The van der Waals surface area contributed by atoms with E-state index in [9.17, 15) is 9.36 Å². The normalized spacial score (nSPS) is 12.7. The summed E-state index contributed by atoms with van der Waals surface area (Å²) in [6.45, 7) is 1.76. The highest BCUT2D eigenvalue weighted by molar-refractivity contribution is 8.13. The third kappa shape index (κ3) is 3.81. The minimum Gasteiger partial charge on any atom is -0.496 e. The van der Waals surface area contributed by atoms with Gasteiger partial charge >= 0.3 is 0 Å². The monoisotopic (exact) mass is 458 g/mol. The molecule has 0 aliphatic heterocycles. The van der Waals surface area contributed by atoms with Gasteiger partial charge in [-0.1, -0.05) is 72.3 Å².